The molecule has 5 rings (SSSR count). The van der Waals surface area contributed by atoms with Crippen LogP contribution in [0.1, 0.15) is 25.2 Å². The number of rotatable bonds is 7. The van der Waals surface area contributed by atoms with Gasteiger partial charge in [0.05, 0.1) is 10.9 Å². The molecular weight excluding hydrogens is 571 g/mol. The van der Waals surface area contributed by atoms with Gasteiger partial charge in [0.25, 0.3) is 0 Å². The number of ether oxygens (including phenoxy) is 4. The molecule has 12 heteroatoms. The van der Waals surface area contributed by atoms with Gasteiger partial charge in [-0.15, -0.1) is 0 Å². The second-order valence-electron chi connectivity index (χ2n) is 10.00. The first-order chi connectivity index (χ1) is 20.5. The Bertz CT molecular complexity index is 1720. The molecule has 0 saturated carbocycles. The summed E-state index contributed by atoms with van der Waals surface area (Å²) in [5.74, 6) is -2.48. The third-order valence-corrected chi connectivity index (χ3v) is 6.58. The normalized spacial score (nSPS) is 13.4. The predicted octanol–water partition coefficient (Wildman–Crippen LogP) is 6.11. The van der Waals surface area contributed by atoms with E-state index in [1.54, 1.807) is 38.1 Å². The lowest BCUT2D eigenvalue weighted by Crippen LogP contribution is -2.46. The molecule has 1 N–H and O–H groups in total. The topological polar surface area (TPSA) is 113 Å². The van der Waals surface area contributed by atoms with Gasteiger partial charge in [-0.3, -0.25) is 4.79 Å². The van der Waals surface area contributed by atoms with E-state index < -0.39 is 52.5 Å². The number of alkyl halides is 3. The summed E-state index contributed by atoms with van der Waals surface area (Å²) >= 11 is 0. The molecule has 0 saturated heterocycles. The molecule has 3 aromatic carbocycles. The summed E-state index contributed by atoms with van der Waals surface area (Å²) in [6, 6.07) is 15.3. The molecular formula is C31H26F3NO8. The number of amides is 1. The Labute approximate surface area is 243 Å². The first-order valence-corrected chi connectivity index (χ1v) is 13.3. The van der Waals surface area contributed by atoms with Crippen LogP contribution in [-0.4, -0.2) is 31.3 Å². The Morgan fingerprint density at radius 1 is 0.953 bits per heavy atom. The first kappa shape index (κ1) is 29.5. The fourth-order valence-corrected chi connectivity index (χ4v) is 4.47. The van der Waals surface area contributed by atoms with Crippen LogP contribution in [0.15, 0.2) is 75.9 Å². The highest BCUT2D eigenvalue weighted by molar-refractivity contribution is 5.87. The van der Waals surface area contributed by atoms with Crippen LogP contribution in [0.3, 0.4) is 0 Å². The Morgan fingerprint density at radius 2 is 1.67 bits per heavy atom. The molecule has 1 unspecified atom stereocenters. The van der Waals surface area contributed by atoms with Gasteiger partial charge < -0.3 is 28.7 Å². The number of benzene rings is 3. The second-order valence-corrected chi connectivity index (χ2v) is 10.00. The lowest BCUT2D eigenvalue weighted by atomic mass is 10.0. The third-order valence-electron chi connectivity index (χ3n) is 6.58. The van der Waals surface area contributed by atoms with Crippen LogP contribution in [0.5, 0.6) is 17.2 Å². The van der Waals surface area contributed by atoms with Crippen molar-refractivity contribution in [1.29, 1.82) is 0 Å². The van der Waals surface area contributed by atoms with E-state index >= 15 is 0 Å². The molecule has 2 heterocycles. The number of hydrogen-bond donors (Lipinski definition) is 1. The molecule has 1 amide bonds. The average Bonchev–Trinajstić information content (AvgIpc) is 2.98. The molecule has 0 radical (unpaired) electrons. The maximum atomic E-state index is 14.2. The van der Waals surface area contributed by atoms with Gasteiger partial charge in [0.15, 0.2) is 11.5 Å². The number of alkyl carbamates (subject to hydrolysis) is 1. The SMILES string of the molecule is CC(C)C(NC(=O)OCc1ccccc1)C(=O)Oc1ccc2c(=O)c(-c3ccc4c(c3)OCCO4)c(C(F)(F)F)oc2c1. The minimum atomic E-state index is -5.03. The van der Waals surface area contributed by atoms with Gasteiger partial charge in [-0.05, 0) is 41.3 Å². The van der Waals surface area contributed by atoms with Crippen molar-refractivity contribution < 1.29 is 46.1 Å². The largest absolute Gasteiger partial charge is 0.486 e. The van der Waals surface area contributed by atoms with Gasteiger partial charge in [-0.1, -0.05) is 50.2 Å². The molecule has 1 aromatic heterocycles. The summed E-state index contributed by atoms with van der Waals surface area (Å²) in [5.41, 5.74) is -1.40. The van der Waals surface area contributed by atoms with Crippen molar-refractivity contribution in [3.63, 3.8) is 0 Å². The van der Waals surface area contributed by atoms with E-state index in [0.29, 0.717) is 5.75 Å². The highest BCUT2D eigenvalue weighted by Crippen LogP contribution is 2.40. The molecule has 1 aliphatic heterocycles. The van der Waals surface area contributed by atoms with Crippen LogP contribution < -0.4 is 25.0 Å². The number of esters is 1. The summed E-state index contributed by atoms with van der Waals surface area (Å²) in [4.78, 5) is 38.7. The Morgan fingerprint density at radius 3 is 2.37 bits per heavy atom. The van der Waals surface area contributed by atoms with Gasteiger partial charge in [0.2, 0.25) is 11.2 Å². The molecule has 4 aromatic rings. The number of halogens is 3. The summed E-state index contributed by atoms with van der Waals surface area (Å²) in [6.45, 7) is 3.80. The standard InChI is InChI=1S/C31H26F3NO8/c1-17(2)26(35-30(38)41-16-18-6-4-3-5-7-18)29(37)42-20-9-10-21-23(15-20)43-28(31(32,33)34)25(27(21)36)19-8-11-22-24(14-19)40-13-12-39-22/h3-11,14-15,17,26H,12-13,16H2,1-2H3,(H,35,38). The minimum Gasteiger partial charge on any atom is -0.486 e. The van der Waals surface area contributed by atoms with E-state index in [9.17, 15) is 27.6 Å². The maximum absolute atomic E-state index is 14.2. The van der Waals surface area contributed by atoms with Gasteiger partial charge in [0, 0.05) is 6.07 Å². The molecule has 224 valence electrons. The molecule has 0 aliphatic carbocycles. The number of carbonyl (C=O) groups is 2. The van der Waals surface area contributed by atoms with Gasteiger partial charge >= 0.3 is 18.2 Å². The molecule has 0 bridgehead atoms. The van der Waals surface area contributed by atoms with Crippen molar-refractivity contribution in [1.82, 2.24) is 5.32 Å². The second kappa shape index (κ2) is 12.1. The number of nitrogens with one attached hydrogen (secondary N) is 1. The fourth-order valence-electron chi connectivity index (χ4n) is 4.47. The maximum Gasteiger partial charge on any atom is 0.450 e. The van der Waals surface area contributed by atoms with Gasteiger partial charge in [-0.2, -0.15) is 13.2 Å². The van der Waals surface area contributed by atoms with Crippen molar-refractivity contribution >= 4 is 23.0 Å². The van der Waals surface area contributed by atoms with Crippen LogP contribution >= 0.6 is 0 Å². The van der Waals surface area contributed by atoms with E-state index in [2.05, 4.69) is 5.32 Å². The summed E-state index contributed by atoms with van der Waals surface area (Å²) < 4.78 is 69.1. The molecule has 0 fully saturated rings. The Balaban J connectivity index is 1.40. The molecule has 9 nitrogen and oxygen atoms in total. The van der Waals surface area contributed by atoms with Crippen LogP contribution in [0.4, 0.5) is 18.0 Å². The van der Waals surface area contributed by atoms with E-state index in [-0.39, 0.29) is 42.3 Å². The van der Waals surface area contributed by atoms with Crippen LogP contribution in [0, 0.1) is 5.92 Å². The van der Waals surface area contributed by atoms with Gasteiger partial charge in [0.1, 0.15) is 37.2 Å². The van der Waals surface area contributed by atoms with E-state index in [0.717, 1.165) is 11.6 Å². The van der Waals surface area contributed by atoms with Crippen molar-refractivity contribution in [3.05, 3.63) is 88.3 Å². The average molecular weight is 598 g/mol. The molecule has 0 spiro atoms. The minimum absolute atomic E-state index is 0.0218. The zero-order valence-corrected chi connectivity index (χ0v) is 23.0. The lowest BCUT2D eigenvalue weighted by molar-refractivity contribution is -0.152. The quantitative estimate of drug-likeness (QED) is 0.201. The van der Waals surface area contributed by atoms with Gasteiger partial charge in [-0.25, -0.2) is 9.59 Å². The zero-order valence-electron chi connectivity index (χ0n) is 23.0. The van der Waals surface area contributed by atoms with Crippen molar-refractivity contribution in [2.75, 3.05) is 13.2 Å². The molecule has 43 heavy (non-hydrogen) atoms. The van der Waals surface area contributed by atoms with Crippen molar-refractivity contribution in [2.24, 2.45) is 5.92 Å². The highest BCUT2D eigenvalue weighted by atomic mass is 19.4. The summed E-state index contributed by atoms with van der Waals surface area (Å²) in [7, 11) is 0. The van der Waals surface area contributed by atoms with E-state index in [1.165, 1.54) is 30.3 Å². The van der Waals surface area contributed by atoms with Crippen molar-refractivity contribution in [3.8, 4) is 28.4 Å². The predicted molar refractivity (Wildman–Crippen MR) is 148 cm³/mol. The molecule has 1 atom stereocenters. The van der Waals surface area contributed by atoms with Crippen LogP contribution in [0.2, 0.25) is 0 Å². The zero-order chi connectivity index (χ0) is 30.7. The van der Waals surface area contributed by atoms with Crippen LogP contribution in [0.25, 0.3) is 22.1 Å². The first-order valence-electron chi connectivity index (χ1n) is 13.3. The van der Waals surface area contributed by atoms with E-state index in [4.69, 9.17) is 23.4 Å². The Hall–Kier alpha value is -5.00. The van der Waals surface area contributed by atoms with E-state index in [1.807, 2.05) is 6.07 Å². The number of hydrogen-bond acceptors (Lipinski definition) is 8. The lowest BCUT2D eigenvalue weighted by Gasteiger charge is -2.21. The Kier molecular flexibility index (Phi) is 8.29. The summed E-state index contributed by atoms with van der Waals surface area (Å²) in [6.07, 6.45) is -5.89. The van der Waals surface area contributed by atoms with Crippen molar-refractivity contribution in [2.45, 2.75) is 32.7 Å². The molecule has 1 aliphatic rings. The number of carbonyl (C=O) groups excluding carboxylic acids is 2. The van der Waals surface area contributed by atoms with Crippen LogP contribution in [-0.2, 0) is 22.3 Å². The monoisotopic (exact) mass is 597 g/mol. The highest BCUT2D eigenvalue weighted by Gasteiger charge is 2.40. The smallest absolute Gasteiger partial charge is 0.450 e. The number of fused-ring (bicyclic) bond motifs is 2. The fraction of sp³-hybridized carbons (Fsp3) is 0.258. The third kappa shape index (κ3) is 6.58. The summed E-state index contributed by atoms with van der Waals surface area (Å²) in [5, 5.41) is 2.29.